The van der Waals surface area contributed by atoms with Crippen LogP contribution in [0.3, 0.4) is 0 Å². The van der Waals surface area contributed by atoms with Crippen LogP contribution in [0.2, 0.25) is 0 Å². The van der Waals surface area contributed by atoms with Gasteiger partial charge in [-0.15, -0.1) is 0 Å². The summed E-state index contributed by atoms with van der Waals surface area (Å²) in [6.45, 7) is 0. The highest BCUT2D eigenvalue weighted by atomic mass is 14.9. The summed E-state index contributed by atoms with van der Waals surface area (Å²) in [6, 6.07) is 38.5. The third-order valence-corrected chi connectivity index (χ3v) is 5.65. The van der Waals surface area contributed by atoms with Crippen LogP contribution in [-0.4, -0.2) is 4.57 Å². The first-order chi connectivity index (χ1) is 14.8. The van der Waals surface area contributed by atoms with E-state index in [1.165, 1.54) is 44.4 Å². The fourth-order valence-electron chi connectivity index (χ4n) is 4.14. The monoisotopic (exact) mass is 385 g/mol. The van der Waals surface area contributed by atoms with E-state index < -0.39 is 0 Å². The molecule has 5 aromatic rings. The Bertz CT molecular complexity index is 1310. The van der Waals surface area contributed by atoms with E-state index in [2.05, 4.69) is 133 Å². The van der Waals surface area contributed by atoms with Crippen molar-refractivity contribution in [3.63, 3.8) is 0 Å². The average Bonchev–Trinajstić information content (AvgIpc) is 3.11. The summed E-state index contributed by atoms with van der Waals surface area (Å²) >= 11 is 0. The molecule has 1 nitrogen and oxygen atoms in total. The molecule has 5 rings (SSSR count). The van der Waals surface area contributed by atoms with Gasteiger partial charge in [0, 0.05) is 23.5 Å². The first kappa shape index (κ1) is 18.2. The molecule has 0 aliphatic rings. The highest BCUT2D eigenvalue weighted by Gasteiger charge is 2.14. The molecule has 30 heavy (non-hydrogen) atoms. The van der Waals surface area contributed by atoms with Gasteiger partial charge in [0.25, 0.3) is 0 Å². The molecule has 0 aliphatic heterocycles. The van der Waals surface area contributed by atoms with Crippen molar-refractivity contribution in [1.82, 2.24) is 4.57 Å². The maximum Gasteiger partial charge on any atom is 0.0562 e. The lowest BCUT2D eigenvalue weighted by molar-refractivity contribution is 0.977. The van der Waals surface area contributed by atoms with Gasteiger partial charge in [0.05, 0.1) is 5.69 Å². The molecular formula is C29H23N. The number of hydrogen-bond acceptors (Lipinski definition) is 0. The Morgan fingerprint density at radius 2 is 1.10 bits per heavy atom. The lowest BCUT2D eigenvalue weighted by Crippen LogP contribution is -1.92. The number of hydrogen-bond donors (Lipinski definition) is 0. The summed E-state index contributed by atoms with van der Waals surface area (Å²) in [4.78, 5) is 0. The molecule has 0 N–H and O–H groups in total. The third-order valence-electron chi connectivity index (χ3n) is 5.65. The van der Waals surface area contributed by atoms with Crippen LogP contribution in [0.4, 0.5) is 0 Å². The summed E-state index contributed by atoms with van der Waals surface area (Å²) in [5, 5.41) is 1.27. The lowest BCUT2D eigenvalue weighted by atomic mass is 10.00. The predicted molar refractivity (Wildman–Crippen MR) is 129 cm³/mol. The first-order valence-electron chi connectivity index (χ1n) is 10.3. The van der Waals surface area contributed by atoms with Gasteiger partial charge in [-0.2, -0.15) is 0 Å². The van der Waals surface area contributed by atoms with Crippen molar-refractivity contribution in [1.29, 1.82) is 0 Å². The summed E-state index contributed by atoms with van der Waals surface area (Å²) in [5.74, 6) is 0. The number of aryl methyl sites for hydroxylation is 1. The second kappa shape index (κ2) is 7.88. The molecule has 1 heteroatoms. The van der Waals surface area contributed by atoms with Crippen molar-refractivity contribution in [2.45, 2.75) is 0 Å². The summed E-state index contributed by atoms with van der Waals surface area (Å²) in [7, 11) is 2.16. The van der Waals surface area contributed by atoms with E-state index in [1.807, 2.05) is 0 Å². The van der Waals surface area contributed by atoms with Crippen LogP contribution >= 0.6 is 0 Å². The molecule has 0 amide bonds. The Balaban J connectivity index is 1.63. The highest BCUT2D eigenvalue weighted by Crippen LogP contribution is 2.35. The van der Waals surface area contributed by atoms with Crippen molar-refractivity contribution >= 4 is 23.1 Å². The number of para-hydroxylation sites is 1. The van der Waals surface area contributed by atoms with Crippen LogP contribution in [0.5, 0.6) is 0 Å². The zero-order valence-corrected chi connectivity index (χ0v) is 17.0. The zero-order chi connectivity index (χ0) is 20.3. The van der Waals surface area contributed by atoms with Gasteiger partial charge in [-0.3, -0.25) is 0 Å². The smallest absolute Gasteiger partial charge is 0.0562 e. The minimum absolute atomic E-state index is 1.20. The SMILES string of the molecule is Cn1c(-c2ccc(-c3ccccc3)cc2)c(/C=C/c2ccccc2)c2ccccc21. The van der Waals surface area contributed by atoms with Crippen LogP contribution in [0.15, 0.2) is 109 Å². The van der Waals surface area contributed by atoms with E-state index in [1.54, 1.807) is 0 Å². The van der Waals surface area contributed by atoms with Crippen LogP contribution in [0.1, 0.15) is 11.1 Å². The summed E-state index contributed by atoms with van der Waals surface area (Å²) in [6.07, 6.45) is 4.45. The second-order valence-corrected chi connectivity index (χ2v) is 7.53. The maximum absolute atomic E-state index is 2.30. The van der Waals surface area contributed by atoms with Gasteiger partial charge in [0.15, 0.2) is 0 Å². The molecule has 1 aromatic heterocycles. The highest BCUT2D eigenvalue weighted by molar-refractivity contribution is 5.99. The van der Waals surface area contributed by atoms with Crippen molar-refractivity contribution in [2.24, 2.45) is 7.05 Å². The largest absolute Gasteiger partial charge is 0.343 e. The van der Waals surface area contributed by atoms with E-state index in [9.17, 15) is 0 Å². The Morgan fingerprint density at radius 3 is 1.83 bits per heavy atom. The van der Waals surface area contributed by atoms with E-state index in [4.69, 9.17) is 0 Å². The molecular weight excluding hydrogens is 362 g/mol. The number of nitrogens with zero attached hydrogens (tertiary/aromatic N) is 1. The molecule has 0 atom stereocenters. The first-order valence-corrected chi connectivity index (χ1v) is 10.3. The van der Waals surface area contributed by atoms with Crippen LogP contribution in [-0.2, 0) is 7.05 Å². The Kier molecular flexibility index (Phi) is 4.78. The maximum atomic E-state index is 2.30. The van der Waals surface area contributed by atoms with Gasteiger partial charge in [-0.05, 0) is 28.3 Å². The molecule has 1 heterocycles. The van der Waals surface area contributed by atoms with Gasteiger partial charge in [-0.1, -0.05) is 115 Å². The zero-order valence-electron chi connectivity index (χ0n) is 17.0. The molecule has 0 bridgehead atoms. The van der Waals surface area contributed by atoms with Crippen molar-refractivity contribution < 1.29 is 0 Å². The summed E-state index contributed by atoms with van der Waals surface area (Å²) < 4.78 is 2.30. The van der Waals surface area contributed by atoms with Gasteiger partial charge in [0.1, 0.15) is 0 Å². The molecule has 0 fully saturated rings. The summed E-state index contributed by atoms with van der Waals surface area (Å²) in [5.41, 5.74) is 8.64. The Morgan fingerprint density at radius 1 is 0.533 bits per heavy atom. The molecule has 0 spiro atoms. The van der Waals surface area contributed by atoms with Crippen LogP contribution in [0.25, 0.3) is 45.4 Å². The Hall–Kier alpha value is -3.84. The molecule has 0 aliphatic carbocycles. The normalized spacial score (nSPS) is 11.4. The van der Waals surface area contributed by atoms with Gasteiger partial charge < -0.3 is 4.57 Å². The van der Waals surface area contributed by atoms with E-state index >= 15 is 0 Å². The van der Waals surface area contributed by atoms with Crippen LogP contribution < -0.4 is 0 Å². The minimum atomic E-state index is 1.20. The standard InChI is InChI=1S/C29H23N/c1-30-28-15-9-8-14-26(28)27(21-16-22-10-4-2-5-11-22)29(30)25-19-17-24(18-20-25)23-12-6-3-7-13-23/h2-21H,1H3/b21-16+. The quantitative estimate of drug-likeness (QED) is 0.299. The number of rotatable bonds is 4. The fourth-order valence-corrected chi connectivity index (χ4v) is 4.14. The van der Waals surface area contributed by atoms with Crippen molar-refractivity contribution in [2.75, 3.05) is 0 Å². The van der Waals surface area contributed by atoms with Crippen molar-refractivity contribution in [3.8, 4) is 22.4 Å². The van der Waals surface area contributed by atoms with Gasteiger partial charge in [-0.25, -0.2) is 0 Å². The van der Waals surface area contributed by atoms with E-state index in [0.717, 1.165) is 0 Å². The predicted octanol–water partition coefficient (Wildman–Crippen LogP) is 7.68. The molecule has 144 valence electrons. The number of fused-ring (bicyclic) bond motifs is 1. The second-order valence-electron chi connectivity index (χ2n) is 7.53. The third kappa shape index (κ3) is 3.35. The van der Waals surface area contributed by atoms with Gasteiger partial charge >= 0.3 is 0 Å². The van der Waals surface area contributed by atoms with Gasteiger partial charge in [0.2, 0.25) is 0 Å². The molecule has 0 unspecified atom stereocenters. The minimum Gasteiger partial charge on any atom is -0.343 e. The van der Waals surface area contributed by atoms with E-state index in [-0.39, 0.29) is 0 Å². The topological polar surface area (TPSA) is 4.93 Å². The molecule has 0 radical (unpaired) electrons. The fraction of sp³-hybridized carbons (Fsp3) is 0.0345. The molecule has 0 saturated heterocycles. The molecule has 0 saturated carbocycles. The average molecular weight is 386 g/mol. The molecule has 4 aromatic carbocycles. The van der Waals surface area contributed by atoms with E-state index in [0.29, 0.717) is 0 Å². The lowest BCUT2D eigenvalue weighted by Gasteiger charge is -2.08. The number of benzene rings is 4. The Labute approximate surface area is 177 Å². The number of aromatic nitrogens is 1. The van der Waals surface area contributed by atoms with Crippen LogP contribution in [0, 0.1) is 0 Å². The van der Waals surface area contributed by atoms with Crippen molar-refractivity contribution in [3.05, 3.63) is 120 Å².